The van der Waals surface area contributed by atoms with E-state index in [9.17, 15) is 14.9 Å². The van der Waals surface area contributed by atoms with Gasteiger partial charge in [0, 0.05) is 34.5 Å². The minimum absolute atomic E-state index is 0.202. The predicted octanol–water partition coefficient (Wildman–Crippen LogP) is 4.01. The van der Waals surface area contributed by atoms with Gasteiger partial charge in [-0.15, -0.1) is 11.3 Å². The molecule has 1 aliphatic heterocycles. The van der Waals surface area contributed by atoms with Crippen molar-refractivity contribution < 1.29 is 14.3 Å². The molecule has 0 saturated heterocycles. The summed E-state index contributed by atoms with van der Waals surface area (Å²) in [7, 11) is 0. The molecule has 0 spiro atoms. The fourth-order valence-corrected chi connectivity index (χ4v) is 4.64. The molecule has 1 aliphatic carbocycles. The second-order valence-corrected chi connectivity index (χ2v) is 9.60. The molecule has 3 aromatic rings. The zero-order chi connectivity index (χ0) is 23.7. The molecule has 1 aromatic carbocycles. The number of aromatic nitrogens is 2. The van der Waals surface area contributed by atoms with Crippen LogP contribution in [0.3, 0.4) is 0 Å². The number of carbonyl (C=O) groups excluding carboxylic acids is 2. The van der Waals surface area contributed by atoms with Gasteiger partial charge in [-0.25, -0.2) is 4.98 Å². The number of carbonyl (C=O) groups is 2. The summed E-state index contributed by atoms with van der Waals surface area (Å²) in [5.74, 6) is 0.390. The summed E-state index contributed by atoms with van der Waals surface area (Å²) < 4.78 is 5.62. The maximum absolute atomic E-state index is 12.6. The Kier molecular flexibility index (Phi) is 5.75. The van der Waals surface area contributed by atoms with Crippen LogP contribution in [-0.4, -0.2) is 34.9 Å². The maximum Gasteiger partial charge on any atom is 0.251 e. The number of thiazole rings is 1. The molecule has 172 valence electrons. The first kappa shape index (κ1) is 22.0. The molecule has 1 fully saturated rings. The SMILES string of the molecule is C[C@@]1(C#N)CCOc2ccc(C(=O)NCC(=O)Nc3nc(-c4cccc(C5CC5)n4)cs3)cc21. The predicted molar refractivity (Wildman–Crippen MR) is 128 cm³/mol. The molecule has 3 heterocycles. The van der Waals surface area contributed by atoms with E-state index in [4.69, 9.17) is 4.74 Å². The molecule has 1 atom stereocenters. The van der Waals surface area contributed by atoms with Crippen molar-refractivity contribution in [3.63, 3.8) is 0 Å². The Morgan fingerprint density at radius 1 is 1.24 bits per heavy atom. The number of ether oxygens (including phenoxy) is 1. The zero-order valence-electron chi connectivity index (χ0n) is 18.6. The van der Waals surface area contributed by atoms with Gasteiger partial charge in [-0.1, -0.05) is 6.07 Å². The highest BCUT2D eigenvalue weighted by Crippen LogP contribution is 2.40. The van der Waals surface area contributed by atoms with Crippen LogP contribution in [-0.2, 0) is 10.2 Å². The van der Waals surface area contributed by atoms with E-state index in [2.05, 4.69) is 26.7 Å². The molecule has 0 radical (unpaired) electrons. The molecule has 8 nitrogen and oxygen atoms in total. The van der Waals surface area contributed by atoms with E-state index in [1.807, 2.05) is 30.5 Å². The second-order valence-electron chi connectivity index (χ2n) is 8.74. The van der Waals surface area contributed by atoms with Crippen LogP contribution in [0.1, 0.15) is 53.7 Å². The van der Waals surface area contributed by atoms with Gasteiger partial charge in [0.25, 0.3) is 5.91 Å². The van der Waals surface area contributed by atoms with Crippen molar-refractivity contribution in [2.24, 2.45) is 0 Å². The molecule has 9 heteroatoms. The summed E-state index contributed by atoms with van der Waals surface area (Å²) in [5, 5.41) is 17.2. The van der Waals surface area contributed by atoms with Crippen LogP contribution in [0.5, 0.6) is 5.75 Å². The third-order valence-electron chi connectivity index (χ3n) is 6.13. The highest BCUT2D eigenvalue weighted by molar-refractivity contribution is 7.14. The summed E-state index contributed by atoms with van der Waals surface area (Å²) in [5.41, 5.74) is 2.93. The van der Waals surface area contributed by atoms with Crippen LogP contribution in [0.25, 0.3) is 11.4 Å². The summed E-state index contributed by atoms with van der Waals surface area (Å²) in [6.07, 6.45) is 2.91. The number of anilines is 1. The first-order chi connectivity index (χ1) is 16.4. The normalized spacial score (nSPS) is 18.8. The van der Waals surface area contributed by atoms with E-state index >= 15 is 0 Å². The molecule has 1 saturated carbocycles. The number of benzene rings is 1. The average molecular weight is 474 g/mol. The van der Waals surface area contributed by atoms with Crippen LogP contribution < -0.4 is 15.4 Å². The Hall–Kier alpha value is -3.77. The molecule has 2 aliphatic rings. The largest absolute Gasteiger partial charge is 0.493 e. The van der Waals surface area contributed by atoms with Gasteiger partial charge in [-0.3, -0.25) is 14.6 Å². The number of hydrogen-bond donors (Lipinski definition) is 2. The van der Waals surface area contributed by atoms with Crippen molar-refractivity contribution in [3.05, 3.63) is 58.6 Å². The van der Waals surface area contributed by atoms with Crippen molar-refractivity contribution in [3.8, 4) is 23.2 Å². The van der Waals surface area contributed by atoms with Gasteiger partial charge in [0.1, 0.15) is 11.4 Å². The number of rotatable bonds is 6. The molecule has 0 unspecified atom stereocenters. The molecular weight excluding hydrogens is 450 g/mol. The highest BCUT2D eigenvalue weighted by atomic mass is 32.1. The minimum atomic E-state index is -0.711. The van der Waals surface area contributed by atoms with Crippen molar-refractivity contribution in [2.45, 2.75) is 37.5 Å². The van der Waals surface area contributed by atoms with Gasteiger partial charge in [0.15, 0.2) is 5.13 Å². The number of nitrogens with one attached hydrogen (secondary N) is 2. The zero-order valence-corrected chi connectivity index (χ0v) is 19.4. The van der Waals surface area contributed by atoms with Gasteiger partial charge in [-0.2, -0.15) is 5.26 Å². The lowest BCUT2D eigenvalue weighted by Gasteiger charge is -2.30. The molecule has 2 amide bonds. The summed E-state index contributed by atoms with van der Waals surface area (Å²) >= 11 is 1.31. The summed E-state index contributed by atoms with van der Waals surface area (Å²) in [6, 6.07) is 13.2. The van der Waals surface area contributed by atoms with Gasteiger partial charge in [0.05, 0.1) is 30.3 Å². The lowest BCUT2D eigenvalue weighted by molar-refractivity contribution is -0.115. The summed E-state index contributed by atoms with van der Waals surface area (Å²) in [4.78, 5) is 34.2. The Labute approximate surface area is 201 Å². The maximum atomic E-state index is 12.6. The summed E-state index contributed by atoms with van der Waals surface area (Å²) in [6.45, 7) is 2.10. The Bertz CT molecular complexity index is 1310. The fourth-order valence-electron chi connectivity index (χ4n) is 3.92. The Morgan fingerprint density at radius 2 is 2.09 bits per heavy atom. The first-order valence-electron chi connectivity index (χ1n) is 11.1. The van der Waals surface area contributed by atoms with Gasteiger partial charge in [0.2, 0.25) is 5.91 Å². The standard InChI is InChI=1S/C25H23N5O3S/c1-25(14-26)9-10-33-21-8-7-16(11-17(21)25)23(32)27-12-22(31)30-24-29-20(13-34-24)19-4-2-3-18(28-19)15-5-6-15/h2-4,7-8,11,13,15H,5-6,9-10,12H2,1H3,(H,27,32)(H,29,30,31)/t25-/m0/s1. The van der Waals surface area contributed by atoms with Crippen LogP contribution in [0.4, 0.5) is 5.13 Å². The van der Waals surface area contributed by atoms with Gasteiger partial charge >= 0.3 is 0 Å². The molecular formula is C25H23N5O3S. The van der Waals surface area contributed by atoms with E-state index in [1.165, 1.54) is 24.2 Å². The average Bonchev–Trinajstić information content (AvgIpc) is 3.61. The molecule has 0 bridgehead atoms. The molecule has 34 heavy (non-hydrogen) atoms. The van der Waals surface area contributed by atoms with E-state index in [-0.39, 0.29) is 12.5 Å². The van der Waals surface area contributed by atoms with Crippen LogP contribution in [0.15, 0.2) is 41.8 Å². The van der Waals surface area contributed by atoms with Gasteiger partial charge < -0.3 is 15.4 Å². The van der Waals surface area contributed by atoms with Crippen LogP contribution in [0.2, 0.25) is 0 Å². The first-order valence-corrected chi connectivity index (χ1v) is 12.0. The topological polar surface area (TPSA) is 117 Å². The highest BCUT2D eigenvalue weighted by Gasteiger charge is 2.34. The monoisotopic (exact) mass is 473 g/mol. The van der Waals surface area contributed by atoms with Crippen molar-refractivity contribution in [1.82, 2.24) is 15.3 Å². The minimum Gasteiger partial charge on any atom is -0.493 e. The lowest BCUT2D eigenvalue weighted by atomic mass is 9.78. The van der Waals surface area contributed by atoms with Crippen LogP contribution >= 0.6 is 11.3 Å². The number of pyridine rings is 1. The quantitative estimate of drug-likeness (QED) is 0.559. The lowest BCUT2D eigenvalue weighted by Crippen LogP contribution is -2.33. The van der Waals surface area contributed by atoms with E-state index in [1.54, 1.807) is 18.2 Å². The Morgan fingerprint density at radius 3 is 2.88 bits per heavy atom. The third kappa shape index (κ3) is 4.50. The van der Waals surface area contributed by atoms with Crippen molar-refractivity contribution in [1.29, 1.82) is 5.26 Å². The number of fused-ring (bicyclic) bond motifs is 1. The van der Waals surface area contributed by atoms with Crippen molar-refractivity contribution >= 4 is 28.3 Å². The smallest absolute Gasteiger partial charge is 0.251 e. The molecule has 2 N–H and O–H groups in total. The van der Waals surface area contributed by atoms with Crippen molar-refractivity contribution in [2.75, 3.05) is 18.5 Å². The molecule has 5 rings (SSSR count). The third-order valence-corrected chi connectivity index (χ3v) is 6.89. The van der Waals surface area contributed by atoms with Gasteiger partial charge in [-0.05, 0) is 50.1 Å². The van der Waals surface area contributed by atoms with E-state index < -0.39 is 11.3 Å². The van der Waals surface area contributed by atoms with E-state index in [0.717, 1.165) is 11.4 Å². The number of amides is 2. The Balaban J connectivity index is 1.20. The fraction of sp³-hybridized carbons (Fsp3) is 0.320. The molecule has 2 aromatic heterocycles. The van der Waals surface area contributed by atoms with E-state index in [0.29, 0.717) is 46.6 Å². The second kappa shape index (κ2) is 8.88. The number of nitrogens with zero attached hydrogens (tertiary/aromatic N) is 3. The number of hydrogen-bond acceptors (Lipinski definition) is 7. The van der Waals surface area contributed by atoms with Crippen LogP contribution in [0, 0.1) is 11.3 Å². The number of nitriles is 1.